The summed E-state index contributed by atoms with van der Waals surface area (Å²) < 4.78 is 0. The molecule has 0 saturated heterocycles. The number of carbonyl (C=O) groups excluding carboxylic acids is 1. The van der Waals surface area contributed by atoms with Gasteiger partial charge in [-0.2, -0.15) is 0 Å². The number of carbonyl (C=O) groups is 2. The maximum Gasteiger partial charge on any atom is 0.303 e. The molecule has 0 aliphatic rings. The summed E-state index contributed by atoms with van der Waals surface area (Å²) in [5.74, 6) is -1.78. The van der Waals surface area contributed by atoms with Crippen molar-refractivity contribution < 1.29 is 14.7 Å². The Hall–Kier alpha value is -4.25. The van der Waals surface area contributed by atoms with E-state index in [0.717, 1.165) is 36.1 Å². The van der Waals surface area contributed by atoms with Gasteiger partial charge in [-0.25, -0.2) is 9.97 Å². The fourth-order valence-electron chi connectivity index (χ4n) is 3.31. The first kappa shape index (κ1) is 26.4. The third kappa shape index (κ3) is 7.64. The van der Waals surface area contributed by atoms with Gasteiger partial charge in [-0.3, -0.25) is 24.9 Å². The van der Waals surface area contributed by atoms with E-state index < -0.39 is 11.9 Å². The smallest absolute Gasteiger partial charge is 0.303 e. The number of amides is 1. The highest BCUT2D eigenvalue weighted by molar-refractivity contribution is 6.31. The first-order valence-corrected chi connectivity index (χ1v) is 11.6. The molecule has 11 nitrogen and oxygen atoms in total. The number of nitrogens with one attached hydrogen (secondary N) is 1. The van der Waals surface area contributed by atoms with E-state index >= 15 is 0 Å². The number of carboxylic acids is 1. The second kappa shape index (κ2) is 12.5. The SMILES string of the molecule is NC(=NCCCCc1ccc(-c2ccc(CCC(=O)O)nc2)cc1)NC(=O)c1nc(Cl)c(N)nc1N. The van der Waals surface area contributed by atoms with Crippen LogP contribution in [-0.2, 0) is 17.6 Å². The lowest BCUT2D eigenvalue weighted by Crippen LogP contribution is -2.38. The average Bonchev–Trinajstić information content (AvgIpc) is 2.85. The Balaban J connectivity index is 1.42. The van der Waals surface area contributed by atoms with Gasteiger partial charge in [0.25, 0.3) is 5.91 Å². The van der Waals surface area contributed by atoms with Crippen LogP contribution in [-0.4, -0.2) is 44.4 Å². The summed E-state index contributed by atoms with van der Waals surface area (Å²) in [7, 11) is 0. The Morgan fingerprint density at radius 3 is 2.36 bits per heavy atom. The normalized spacial score (nSPS) is 11.3. The van der Waals surface area contributed by atoms with Crippen LogP contribution in [0.4, 0.5) is 11.6 Å². The van der Waals surface area contributed by atoms with Crippen molar-refractivity contribution in [3.63, 3.8) is 0 Å². The number of nitrogens with two attached hydrogens (primary N) is 3. The van der Waals surface area contributed by atoms with Crippen LogP contribution < -0.4 is 22.5 Å². The predicted octanol–water partition coefficient (Wildman–Crippen LogP) is 2.44. The quantitative estimate of drug-likeness (QED) is 0.154. The fourth-order valence-corrected chi connectivity index (χ4v) is 3.43. The first-order valence-electron chi connectivity index (χ1n) is 11.2. The molecule has 2 heterocycles. The van der Waals surface area contributed by atoms with Crippen molar-refractivity contribution >= 4 is 41.1 Å². The van der Waals surface area contributed by atoms with Crippen LogP contribution in [0.3, 0.4) is 0 Å². The van der Waals surface area contributed by atoms with Gasteiger partial charge in [0, 0.05) is 30.4 Å². The molecule has 3 rings (SSSR count). The number of pyridine rings is 1. The topological polar surface area (TPSA) is 195 Å². The highest BCUT2D eigenvalue weighted by Gasteiger charge is 2.16. The van der Waals surface area contributed by atoms with Crippen LogP contribution in [0.15, 0.2) is 47.6 Å². The number of aromatic nitrogens is 3. The van der Waals surface area contributed by atoms with Gasteiger partial charge in [0.1, 0.15) is 0 Å². The van der Waals surface area contributed by atoms with E-state index in [1.54, 1.807) is 6.20 Å². The summed E-state index contributed by atoms with van der Waals surface area (Å²) in [6.07, 6.45) is 4.76. The minimum atomic E-state index is -0.834. The van der Waals surface area contributed by atoms with Crippen molar-refractivity contribution in [2.24, 2.45) is 10.7 Å². The van der Waals surface area contributed by atoms with E-state index in [1.165, 1.54) is 5.56 Å². The van der Waals surface area contributed by atoms with Crippen molar-refractivity contribution in [2.75, 3.05) is 18.0 Å². The molecule has 8 N–H and O–H groups in total. The molecule has 2 aromatic heterocycles. The molecule has 0 radical (unpaired) electrons. The molecule has 188 valence electrons. The zero-order valence-corrected chi connectivity index (χ0v) is 20.2. The minimum Gasteiger partial charge on any atom is -0.481 e. The number of carboxylic acid groups (broad SMARTS) is 1. The number of anilines is 2. The number of nitrogens with zero attached hydrogens (tertiary/aromatic N) is 4. The van der Waals surface area contributed by atoms with Crippen LogP contribution in [0, 0.1) is 0 Å². The largest absolute Gasteiger partial charge is 0.481 e. The molecule has 3 aromatic rings. The van der Waals surface area contributed by atoms with E-state index in [-0.39, 0.29) is 34.9 Å². The van der Waals surface area contributed by atoms with Crippen molar-refractivity contribution in [3.05, 3.63) is 64.7 Å². The number of unbranched alkanes of at least 4 members (excludes halogenated alkanes) is 1. The van der Waals surface area contributed by atoms with Gasteiger partial charge in [0.15, 0.2) is 28.4 Å². The second-order valence-electron chi connectivity index (χ2n) is 7.94. The summed E-state index contributed by atoms with van der Waals surface area (Å²) in [6.45, 7) is 0.438. The molecule has 0 unspecified atom stereocenters. The molecular weight excluding hydrogens is 484 g/mol. The van der Waals surface area contributed by atoms with Gasteiger partial charge < -0.3 is 22.3 Å². The average molecular weight is 511 g/mol. The Morgan fingerprint density at radius 2 is 1.69 bits per heavy atom. The minimum absolute atomic E-state index is 0.0545. The highest BCUT2D eigenvalue weighted by atomic mass is 35.5. The van der Waals surface area contributed by atoms with E-state index in [4.69, 9.17) is 33.9 Å². The van der Waals surface area contributed by atoms with Gasteiger partial charge in [0.05, 0.1) is 6.42 Å². The lowest BCUT2D eigenvalue weighted by atomic mass is 10.0. The summed E-state index contributed by atoms with van der Waals surface area (Å²) >= 11 is 5.79. The number of aliphatic carboxylic acids is 1. The molecule has 1 amide bonds. The van der Waals surface area contributed by atoms with Crippen molar-refractivity contribution in [1.29, 1.82) is 0 Å². The highest BCUT2D eigenvalue weighted by Crippen LogP contribution is 2.20. The van der Waals surface area contributed by atoms with Crippen molar-refractivity contribution in [2.45, 2.75) is 32.1 Å². The fraction of sp³-hybridized carbons (Fsp3) is 0.250. The molecule has 36 heavy (non-hydrogen) atoms. The Labute approximate surface area is 212 Å². The number of halogens is 1. The summed E-state index contributed by atoms with van der Waals surface area (Å²) in [6, 6.07) is 12.0. The zero-order valence-electron chi connectivity index (χ0n) is 19.4. The summed E-state index contributed by atoms with van der Waals surface area (Å²) in [5.41, 5.74) is 20.7. The molecule has 0 saturated carbocycles. The molecule has 0 spiro atoms. The standard InChI is InChI=1S/C24H27ClN8O3/c25-20-22(27)32-21(26)19(31-20)23(36)33-24(28)29-12-2-1-3-14-4-6-15(7-5-14)16-8-9-17(30-13-16)10-11-18(34)35/h4-9,13H,1-3,10-12H2,(H,34,35)(H4,26,27,32)(H3,28,29,33,36). The van der Waals surface area contributed by atoms with Crippen LogP contribution in [0.2, 0.25) is 5.15 Å². The number of aliphatic imine (C=N–C) groups is 1. The molecule has 0 aliphatic heterocycles. The predicted molar refractivity (Wildman–Crippen MR) is 138 cm³/mol. The van der Waals surface area contributed by atoms with Gasteiger partial charge >= 0.3 is 5.97 Å². The molecule has 0 atom stereocenters. The molecule has 0 bridgehead atoms. The van der Waals surface area contributed by atoms with Crippen LogP contribution in [0.5, 0.6) is 0 Å². The van der Waals surface area contributed by atoms with Gasteiger partial charge in [-0.15, -0.1) is 0 Å². The molecule has 0 aliphatic carbocycles. The van der Waals surface area contributed by atoms with Gasteiger partial charge in [-0.05, 0) is 36.5 Å². The molecular formula is C24H27ClN8O3. The maximum absolute atomic E-state index is 12.2. The van der Waals surface area contributed by atoms with E-state index in [1.807, 2.05) is 24.3 Å². The maximum atomic E-state index is 12.2. The number of nitrogen functional groups attached to an aromatic ring is 2. The number of hydrogen-bond acceptors (Lipinski definition) is 8. The number of aryl methyl sites for hydroxylation is 2. The van der Waals surface area contributed by atoms with E-state index in [2.05, 4.69) is 37.4 Å². The van der Waals surface area contributed by atoms with E-state index in [0.29, 0.717) is 13.0 Å². The third-order valence-electron chi connectivity index (χ3n) is 5.22. The number of hydrogen-bond donors (Lipinski definition) is 5. The number of benzene rings is 1. The number of rotatable bonds is 10. The Kier molecular flexibility index (Phi) is 9.12. The summed E-state index contributed by atoms with van der Waals surface area (Å²) in [5, 5.41) is 11.1. The monoisotopic (exact) mass is 510 g/mol. The third-order valence-corrected chi connectivity index (χ3v) is 5.50. The van der Waals surface area contributed by atoms with Crippen LogP contribution >= 0.6 is 11.6 Å². The van der Waals surface area contributed by atoms with Gasteiger partial charge in [0.2, 0.25) is 0 Å². The Bertz CT molecular complexity index is 1250. The van der Waals surface area contributed by atoms with Crippen molar-refractivity contribution in [3.8, 4) is 11.1 Å². The Morgan fingerprint density at radius 1 is 0.972 bits per heavy atom. The molecule has 12 heteroatoms. The summed E-state index contributed by atoms with van der Waals surface area (Å²) in [4.78, 5) is 39.0. The lowest BCUT2D eigenvalue weighted by Gasteiger charge is -2.07. The molecule has 1 aromatic carbocycles. The molecule has 0 fully saturated rings. The second-order valence-corrected chi connectivity index (χ2v) is 8.30. The van der Waals surface area contributed by atoms with Gasteiger partial charge in [-0.1, -0.05) is 41.9 Å². The lowest BCUT2D eigenvalue weighted by molar-refractivity contribution is -0.136. The first-order chi connectivity index (χ1) is 17.2. The van der Waals surface area contributed by atoms with E-state index in [9.17, 15) is 9.59 Å². The zero-order chi connectivity index (χ0) is 26.1. The van der Waals surface area contributed by atoms with Crippen LogP contribution in [0.1, 0.15) is 41.0 Å². The number of guanidine groups is 1. The van der Waals surface area contributed by atoms with Crippen LogP contribution in [0.25, 0.3) is 11.1 Å². The van der Waals surface area contributed by atoms with Crippen molar-refractivity contribution in [1.82, 2.24) is 20.3 Å².